The normalized spacial score (nSPS) is 13.6. The van der Waals surface area contributed by atoms with E-state index in [1.165, 1.54) is 6.92 Å². The topological polar surface area (TPSA) is 104 Å². The highest BCUT2D eigenvalue weighted by atomic mass is 16.6. The fourth-order valence-corrected chi connectivity index (χ4v) is 2.84. The summed E-state index contributed by atoms with van der Waals surface area (Å²) < 4.78 is 21.5. The van der Waals surface area contributed by atoms with Crippen LogP contribution >= 0.6 is 0 Å². The number of benzene rings is 2. The van der Waals surface area contributed by atoms with Crippen molar-refractivity contribution in [3.8, 4) is 11.5 Å². The van der Waals surface area contributed by atoms with Gasteiger partial charge in [-0.15, -0.1) is 0 Å². The minimum atomic E-state index is -1.12. The third-order valence-corrected chi connectivity index (χ3v) is 4.30. The van der Waals surface area contributed by atoms with Crippen molar-refractivity contribution in [2.75, 3.05) is 18.5 Å². The van der Waals surface area contributed by atoms with E-state index in [0.717, 1.165) is 6.07 Å². The molecule has 0 saturated carbocycles. The fourth-order valence-electron chi connectivity index (χ4n) is 2.84. The highest BCUT2D eigenvalue weighted by molar-refractivity contribution is 5.97. The van der Waals surface area contributed by atoms with Gasteiger partial charge in [0, 0.05) is 17.8 Å². The summed E-state index contributed by atoms with van der Waals surface area (Å²) >= 11 is 0. The third-order valence-electron chi connectivity index (χ3n) is 4.30. The Bertz CT molecular complexity index is 1150. The Balaban J connectivity index is 1.44. The van der Waals surface area contributed by atoms with Gasteiger partial charge in [0.25, 0.3) is 5.91 Å². The largest absolute Gasteiger partial charge is 0.486 e. The number of amides is 1. The lowest BCUT2D eigenvalue weighted by Gasteiger charge is -2.19. The van der Waals surface area contributed by atoms with Gasteiger partial charge in [-0.3, -0.25) is 9.59 Å². The Morgan fingerprint density at radius 2 is 1.79 bits per heavy atom. The van der Waals surface area contributed by atoms with E-state index in [2.05, 4.69) is 5.32 Å². The molecule has 0 fully saturated rings. The summed E-state index contributed by atoms with van der Waals surface area (Å²) in [5, 5.41) is 3.00. The molecule has 0 bridgehead atoms. The summed E-state index contributed by atoms with van der Waals surface area (Å²) in [7, 11) is 0. The molecule has 0 spiro atoms. The Morgan fingerprint density at radius 1 is 1.03 bits per heavy atom. The molecule has 0 unspecified atom stereocenters. The van der Waals surface area contributed by atoms with Gasteiger partial charge in [-0.2, -0.15) is 0 Å². The summed E-state index contributed by atoms with van der Waals surface area (Å²) in [6.07, 6.45) is -1.12. The fraction of sp³-hybridized carbons (Fsp3) is 0.190. The summed E-state index contributed by atoms with van der Waals surface area (Å²) in [5.74, 6) is -0.597. The number of hydrogen-bond acceptors (Lipinski definition) is 7. The lowest BCUT2D eigenvalue weighted by molar-refractivity contribution is -0.123. The van der Waals surface area contributed by atoms with E-state index in [0.29, 0.717) is 35.8 Å². The molecule has 1 aliphatic rings. The average molecular weight is 395 g/mol. The molecule has 1 aromatic heterocycles. The SMILES string of the molecule is C[C@@H](OC(=O)c1cc(=O)c2ccccc2o1)C(=O)Nc1ccc2c(c1)OCCO2. The van der Waals surface area contributed by atoms with Crippen LogP contribution in [0.3, 0.4) is 0 Å². The minimum absolute atomic E-state index is 0.264. The van der Waals surface area contributed by atoms with E-state index >= 15 is 0 Å². The number of carbonyl (C=O) groups excluding carboxylic acids is 2. The van der Waals surface area contributed by atoms with Crippen LogP contribution in [-0.2, 0) is 9.53 Å². The van der Waals surface area contributed by atoms with Crippen molar-refractivity contribution >= 4 is 28.5 Å². The highest BCUT2D eigenvalue weighted by Crippen LogP contribution is 2.32. The van der Waals surface area contributed by atoms with Crippen LogP contribution in [0.25, 0.3) is 11.0 Å². The average Bonchev–Trinajstić information content (AvgIpc) is 2.73. The first-order valence-electron chi connectivity index (χ1n) is 8.95. The first-order chi connectivity index (χ1) is 14.0. The molecule has 1 N–H and O–H groups in total. The van der Waals surface area contributed by atoms with Crippen molar-refractivity contribution in [2.24, 2.45) is 0 Å². The van der Waals surface area contributed by atoms with E-state index in [1.54, 1.807) is 42.5 Å². The van der Waals surface area contributed by atoms with Gasteiger partial charge >= 0.3 is 5.97 Å². The van der Waals surface area contributed by atoms with Crippen LogP contribution in [0, 0.1) is 0 Å². The van der Waals surface area contributed by atoms with Crippen LogP contribution in [0.2, 0.25) is 0 Å². The number of rotatable bonds is 4. The molecule has 3 aromatic rings. The standard InChI is InChI=1S/C21H17NO7/c1-12(20(24)22-13-6-7-17-18(10-13)27-9-8-26-17)28-21(25)19-11-15(23)14-4-2-3-5-16(14)29-19/h2-7,10-12H,8-9H2,1H3,(H,22,24)/t12-/m1/s1. The number of hydrogen-bond donors (Lipinski definition) is 1. The van der Waals surface area contributed by atoms with Gasteiger partial charge in [0.2, 0.25) is 5.76 Å². The molecule has 0 radical (unpaired) electrons. The maximum absolute atomic E-state index is 12.4. The zero-order valence-corrected chi connectivity index (χ0v) is 15.5. The summed E-state index contributed by atoms with van der Waals surface area (Å²) in [5.41, 5.74) is 0.368. The van der Waals surface area contributed by atoms with Gasteiger partial charge in [-0.05, 0) is 31.2 Å². The van der Waals surface area contributed by atoms with Crippen molar-refractivity contribution in [3.05, 3.63) is 64.5 Å². The van der Waals surface area contributed by atoms with Crippen LogP contribution in [0.4, 0.5) is 5.69 Å². The van der Waals surface area contributed by atoms with Gasteiger partial charge in [0.15, 0.2) is 23.0 Å². The molecule has 4 rings (SSSR count). The molecule has 8 nitrogen and oxygen atoms in total. The highest BCUT2D eigenvalue weighted by Gasteiger charge is 2.22. The van der Waals surface area contributed by atoms with Crippen LogP contribution in [0.5, 0.6) is 11.5 Å². The van der Waals surface area contributed by atoms with E-state index in [-0.39, 0.29) is 16.8 Å². The first kappa shape index (κ1) is 18.5. The van der Waals surface area contributed by atoms with Gasteiger partial charge < -0.3 is 23.9 Å². The molecule has 1 aliphatic heterocycles. The van der Waals surface area contributed by atoms with Crippen molar-refractivity contribution in [1.29, 1.82) is 0 Å². The maximum atomic E-state index is 12.4. The quantitative estimate of drug-likeness (QED) is 0.678. The molecular weight excluding hydrogens is 378 g/mol. The Morgan fingerprint density at radius 3 is 2.62 bits per heavy atom. The second-order valence-electron chi connectivity index (χ2n) is 6.37. The smallest absolute Gasteiger partial charge is 0.375 e. The molecular formula is C21H17NO7. The van der Waals surface area contributed by atoms with Crippen molar-refractivity contribution in [3.63, 3.8) is 0 Å². The number of anilines is 1. The predicted octanol–water partition coefficient (Wildman–Crippen LogP) is 2.75. The Labute approximate surface area is 165 Å². The van der Waals surface area contributed by atoms with Crippen molar-refractivity contribution in [2.45, 2.75) is 13.0 Å². The number of fused-ring (bicyclic) bond motifs is 2. The second-order valence-corrected chi connectivity index (χ2v) is 6.37. The van der Waals surface area contributed by atoms with Crippen LogP contribution < -0.4 is 20.2 Å². The zero-order chi connectivity index (χ0) is 20.4. The molecule has 8 heteroatoms. The Kier molecular flexibility index (Phi) is 4.90. The number of esters is 1. The Hall–Kier alpha value is -3.81. The van der Waals surface area contributed by atoms with Gasteiger partial charge in [-0.25, -0.2) is 4.79 Å². The van der Waals surface area contributed by atoms with E-state index in [1.807, 2.05) is 0 Å². The number of para-hydroxylation sites is 1. The van der Waals surface area contributed by atoms with Crippen molar-refractivity contribution in [1.82, 2.24) is 0 Å². The zero-order valence-electron chi connectivity index (χ0n) is 15.5. The molecule has 0 saturated heterocycles. The van der Waals surface area contributed by atoms with E-state index in [4.69, 9.17) is 18.6 Å². The lowest BCUT2D eigenvalue weighted by Crippen LogP contribution is -2.30. The number of nitrogens with one attached hydrogen (secondary N) is 1. The van der Waals surface area contributed by atoms with Crippen LogP contribution in [0.1, 0.15) is 17.5 Å². The maximum Gasteiger partial charge on any atom is 0.375 e. The van der Waals surface area contributed by atoms with Gasteiger partial charge in [0.05, 0.1) is 5.39 Å². The minimum Gasteiger partial charge on any atom is -0.486 e. The molecule has 2 aromatic carbocycles. The molecule has 148 valence electrons. The lowest BCUT2D eigenvalue weighted by atomic mass is 10.2. The first-order valence-corrected chi connectivity index (χ1v) is 8.95. The number of ether oxygens (including phenoxy) is 3. The van der Waals surface area contributed by atoms with E-state index < -0.39 is 18.0 Å². The summed E-state index contributed by atoms with van der Waals surface area (Å²) in [6.45, 7) is 2.32. The molecule has 2 heterocycles. The molecule has 1 amide bonds. The van der Waals surface area contributed by atoms with Crippen molar-refractivity contribution < 1.29 is 28.2 Å². The van der Waals surface area contributed by atoms with Gasteiger partial charge in [0.1, 0.15) is 18.8 Å². The monoisotopic (exact) mass is 395 g/mol. The van der Waals surface area contributed by atoms with E-state index in [9.17, 15) is 14.4 Å². The molecule has 1 atom stereocenters. The second kappa shape index (κ2) is 7.67. The predicted molar refractivity (Wildman–Crippen MR) is 103 cm³/mol. The summed E-state index contributed by atoms with van der Waals surface area (Å²) in [6, 6.07) is 12.6. The van der Waals surface area contributed by atoms with Gasteiger partial charge in [-0.1, -0.05) is 12.1 Å². The summed E-state index contributed by atoms with van der Waals surface area (Å²) in [4.78, 5) is 36.8. The molecule has 0 aliphatic carbocycles. The van der Waals surface area contributed by atoms with Crippen LogP contribution in [0.15, 0.2) is 57.7 Å². The van der Waals surface area contributed by atoms with Crippen LogP contribution in [-0.4, -0.2) is 31.2 Å². The number of carbonyl (C=O) groups is 2. The molecule has 29 heavy (non-hydrogen) atoms. The third kappa shape index (κ3) is 3.91.